The highest BCUT2D eigenvalue weighted by Crippen LogP contribution is 2.27. The lowest BCUT2D eigenvalue weighted by Crippen LogP contribution is -2.28. The number of nitrogens with one attached hydrogen (secondary N) is 1. The third kappa shape index (κ3) is 3.42. The van der Waals surface area contributed by atoms with Crippen molar-refractivity contribution in [2.45, 2.75) is 31.3 Å². The van der Waals surface area contributed by atoms with Crippen molar-refractivity contribution in [2.24, 2.45) is 0 Å². The van der Waals surface area contributed by atoms with Crippen molar-refractivity contribution in [1.29, 1.82) is 0 Å². The van der Waals surface area contributed by atoms with Crippen molar-refractivity contribution in [2.75, 3.05) is 6.61 Å². The zero-order valence-electron chi connectivity index (χ0n) is 12.4. The molecular weight excluding hydrogens is 316 g/mol. The number of aliphatic hydroxyl groups excluding tert-OH is 2. The average molecular weight is 334 g/mol. The standard InChI is InChI=1S/C16H18N2O4S/c19-9-13-12(20)7-14(22-13)18-8-11(15(23)17-16(18)21)6-10-4-2-1-3-5-10/h1-5,8,12-14,19-20H,6-7,9H2,(H,17,21,23)/t12-,13+,14+/m0/s1. The van der Waals surface area contributed by atoms with Crippen molar-refractivity contribution >= 4 is 12.2 Å². The molecule has 1 aromatic heterocycles. The van der Waals surface area contributed by atoms with Crippen LogP contribution < -0.4 is 5.69 Å². The molecule has 1 aromatic carbocycles. The second-order valence-corrected chi connectivity index (χ2v) is 6.01. The van der Waals surface area contributed by atoms with E-state index in [-0.39, 0.29) is 18.7 Å². The van der Waals surface area contributed by atoms with E-state index >= 15 is 0 Å². The molecule has 1 aliphatic rings. The van der Waals surface area contributed by atoms with E-state index in [9.17, 15) is 9.90 Å². The molecule has 0 amide bonds. The molecule has 1 aliphatic heterocycles. The lowest BCUT2D eigenvalue weighted by atomic mass is 10.1. The number of aliphatic hydroxyl groups is 2. The van der Waals surface area contributed by atoms with Gasteiger partial charge in [-0.3, -0.25) is 9.55 Å². The summed E-state index contributed by atoms with van der Waals surface area (Å²) in [7, 11) is 0. The second kappa shape index (κ2) is 6.76. The molecule has 3 rings (SSSR count). The van der Waals surface area contributed by atoms with Gasteiger partial charge in [0.15, 0.2) is 0 Å². The number of aromatic nitrogens is 2. The quantitative estimate of drug-likeness (QED) is 0.730. The predicted molar refractivity (Wildman–Crippen MR) is 86.8 cm³/mol. The first kappa shape index (κ1) is 16.1. The van der Waals surface area contributed by atoms with Gasteiger partial charge in [-0.1, -0.05) is 42.5 Å². The summed E-state index contributed by atoms with van der Waals surface area (Å²) in [5, 5.41) is 19.0. The molecule has 7 heteroatoms. The van der Waals surface area contributed by atoms with E-state index in [0.29, 0.717) is 11.1 Å². The smallest absolute Gasteiger partial charge is 0.328 e. The molecule has 23 heavy (non-hydrogen) atoms. The Balaban J connectivity index is 1.92. The van der Waals surface area contributed by atoms with E-state index in [1.54, 1.807) is 6.20 Å². The third-order valence-corrected chi connectivity index (χ3v) is 4.34. The van der Waals surface area contributed by atoms with Crippen LogP contribution in [0.4, 0.5) is 0 Å². The van der Waals surface area contributed by atoms with Gasteiger partial charge in [-0.25, -0.2) is 4.79 Å². The van der Waals surface area contributed by atoms with Gasteiger partial charge >= 0.3 is 5.69 Å². The summed E-state index contributed by atoms with van der Waals surface area (Å²) in [5.41, 5.74) is 1.50. The Labute approximate surface area is 138 Å². The molecule has 0 spiro atoms. The van der Waals surface area contributed by atoms with Crippen molar-refractivity contribution in [1.82, 2.24) is 9.55 Å². The molecular formula is C16H18N2O4S. The van der Waals surface area contributed by atoms with E-state index < -0.39 is 18.4 Å². The van der Waals surface area contributed by atoms with Crippen molar-refractivity contribution in [3.63, 3.8) is 0 Å². The van der Waals surface area contributed by atoms with Crippen molar-refractivity contribution in [3.8, 4) is 0 Å². The van der Waals surface area contributed by atoms with Gasteiger partial charge in [0.25, 0.3) is 0 Å². The lowest BCUT2D eigenvalue weighted by Gasteiger charge is -2.16. The molecule has 6 nitrogen and oxygen atoms in total. The molecule has 122 valence electrons. The molecule has 2 aromatic rings. The summed E-state index contributed by atoms with van der Waals surface area (Å²) in [5.74, 6) is 0. The fourth-order valence-corrected chi connectivity index (χ4v) is 2.95. The fourth-order valence-electron chi connectivity index (χ4n) is 2.73. The Bertz CT molecular complexity index is 787. The molecule has 0 bridgehead atoms. The minimum Gasteiger partial charge on any atom is -0.394 e. The summed E-state index contributed by atoms with van der Waals surface area (Å²) >= 11 is 5.24. The highest BCUT2D eigenvalue weighted by molar-refractivity contribution is 7.71. The fraction of sp³-hybridized carbons (Fsp3) is 0.375. The Morgan fingerprint density at radius 3 is 2.74 bits per heavy atom. The maximum absolute atomic E-state index is 12.1. The predicted octanol–water partition coefficient (Wildman–Crippen LogP) is 1.14. The normalized spacial score (nSPS) is 24.0. The van der Waals surface area contributed by atoms with Crippen LogP contribution in [0.1, 0.15) is 23.8 Å². The molecule has 0 aliphatic carbocycles. The largest absolute Gasteiger partial charge is 0.394 e. The molecule has 0 saturated carbocycles. The molecule has 0 unspecified atom stereocenters. The Kier molecular flexibility index (Phi) is 4.72. The van der Waals surface area contributed by atoms with Crippen LogP contribution in [0.15, 0.2) is 41.3 Å². The first-order chi connectivity index (χ1) is 11.1. The lowest BCUT2D eigenvalue weighted by molar-refractivity contribution is -0.0459. The second-order valence-electron chi connectivity index (χ2n) is 5.60. The maximum atomic E-state index is 12.1. The first-order valence-corrected chi connectivity index (χ1v) is 7.82. The highest BCUT2D eigenvalue weighted by Gasteiger charge is 2.35. The van der Waals surface area contributed by atoms with Crippen molar-refractivity contribution in [3.05, 3.63) is 62.8 Å². The monoisotopic (exact) mass is 334 g/mol. The number of hydrogen-bond acceptors (Lipinski definition) is 5. The Morgan fingerprint density at radius 1 is 1.35 bits per heavy atom. The first-order valence-electron chi connectivity index (χ1n) is 7.41. The van der Waals surface area contributed by atoms with Gasteiger partial charge in [0.05, 0.1) is 12.7 Å². The van der Waals surface area contributed by atoms with Gasteiger partial charge in [-0.05, 0) is 5.56 Å². The number of ether oxygens (including phenoxy) is 1. The van der Waals surface area contributed by atoms with Gasteiger partial charge in [-0.2, -0.15) is 0 Å². The van der Waals surface area contributed by atoms with E-state index in [1.807, 2.05) is 30.3 Å². The van der Waals surface area contributed by atoms with Crippen LogP contribution in [0.5, 0.6) is 0 Å². The minimum absolute atomic E-state index is 0.251. The minimum atomic E-state index is -0.794. The van der Waals surface area contributed by atoms with Crippen molar-refractivity contribution < 1.29 is 14.9 Å². The summed E-state index contributed by atoms with van der Waals surface area (Å²) in [6.07, 6.45) is 0.433. The molecule has 1 saturated heterocycles. The van der Waals surface area contributed by atoms with Crippen LogP contribution in [0.3, 0.4) is 0 Å². The van der Waals surface area contributed by atoms with E-state index in [0.717, 1.165) is 11.1 Å². The molecule has 0 radical (unpaired) electrons. The Hall–Kier alpha value is -1.80. The topological polar surface area (TPSA) is 87.5 Å². The van der Waals surface area contributed by atoms with Gasteiger partial charge in [-0.15, -0.1) is 0 Å². The third-order valence-electron chi connectivity index (χ3n) is 3.97. The van der Waals surface area contributed by atoms with Crippen LogP contribution in [0.2, 0.25) is 0 Å². The van der Waals surface area contributed by atoms with Gasteiger partial charge in [0, 0.05) is 24.6 Å². The summed E-state index contributed by atoms with van der Waals surface area (Å²) < 4.78 is 7.34. The zero-order valence-corrected chi connectivity index (χ0v) is 13.2. The Morgan fingerprint density at radius 2 is 2.09 bits per heavy atom. The number of aromatic amines is 1. The number of rotatable bonds is 4. The SMILES string of the molecule is O=c1[nH]c(=S)c(Cc2ccccc2)cn1[C@H]1C[C@H](O)[C@@H](CO)O1. The van der Waals surface area contributed by atoms with Crippen LogP contribution in [0.25, 0.3) is 0 Å². The van der Waals surface area contributed by atoms with Crippen LogP contribution in [-0.4, -0.2) is 38.6 Å². The van der Waals surface area contributed by atoms with Crippen LogP contribution >= 0.6 is 12.2 Å². The molecule has 3 N–H and O–H groups in total. The molecule has 3 atom stereocenters. The molecule has 1 fully saturated rings. The number of benzene rings is 1. The summed E-state index contributed by atoms with van der Waals surface area (Å²) in [6, 6.07) is 9.80. The van der Waals surface area contributed by atoms with E-state index in [2.05, 4.69) is 4.98 Å². The average Bonchev–Trinajstić information content (AvgIpc) is 2.91. The number of hydrogen-bond donors (Lipinski definition) is 3. The highest BCUT2D eigenvalue weighted by atomic mass is 32.1. The van der Waals surface area contributed by atoms with Gasteiger partial charge < -0.3 is 14.9 Å². The van der Waals surface area contributed by atoms with E-state index in [4.69, 9.17) is 22.1 Å². The van der Waals surface area contributed by atoms with Crippen LogP contribution in [-0.2, 0) is 11.2 Å². The van der Waals surface area contributed by atoms with Crippen LogP contribution in [0, 0.1) is 4.64 Å². The zero-order chi connectivity index (χ0) is 16.4. The maximum Gasteiger partial charge on any atom is 0.328 e. The summed E-state index contributed by atoms with van der Waals surface area (Å²) in [6.45, 7) is -0.286. The molecule has 2 heterocycles. The summed E-state index contributed by atoms with van der Waals surface area (Å²) in [4.78, 5) is 14.8. The van der Waals surface area contributed by atoms with Gasteiger partial charge in [0.1, 0.15) is 17.0 Å². The number of H-pyrrole nitrogens is 1. The van der Waals surface area contributed by atoms with Gasteiger partial charge in [0.2, 0.25) is 0 Å². The van der Waals surface area contributed by atoms with E-state index in [1.165, 1.54) is 4.57 Å². The number of nitrogens with zero attached hydrogens (tertiary/aromatic N) is 1.